The molecule has 31 heavy (non-hydrogen) atoms. The monoisotopic (exact) mass is 420 g/mol. The van der Waals surface area contributed by atoms with Gasteiger partial charge < -0.3 is 4.90 Å². The van der Waals surface area contributed by atoms with Gasteiger partial charge in [-0.25, -0.2) is 29.9 Å². The highest BCUT2D eigenvalue weighted by atomic mass is 15.3. The maximum Gasteiger partial charge on any atom is 0.252 e. The van der Waals surface area contributed by atoms with E-state index in [9.17, 15) is 0 Å². The zero-order valence-electron chi connectivity index (χ0n) is 18.4. The van der Waals surface area contributed by atoms with Crippen LogP contribution in [0.3, 0.4) is 0 Å². The molecule has 0 spiro atoms. The third-order valence-corrected chi connectivity index (χ3v) is 3.82. The van der Waals surface area contributed by atoms with E-state index in [1.54, 1.807) is 26.3 Å². The largest absolute Gasteiger partial charge is 0.316 e. The van der Waals surface area contributed by atoms with E-state index < -0.39 is 0 Å². The summed E-state index contributed by atoms with van der Waals surface area (Å²) in [5, 5.41) is 0. The second-order valence-electron chi connectivity index (χ2n) is 6.73. The smallest absolute Gasteiger partial charge is 0.252 e. The molecule has 12 heteroatoms. The van der Waals surface area contributed by atoms with Gasteiger partial charge in [0.1, 0.15) is 41.6 Å². The van der Waals surface area contributed by atoms with Gasteiger partial charge in [0, 0.05) is 6.21 Å². The number of hydrogen-bond donors (Lipinski definition) is 0. The molecule has 0 aliphatic carbocycles. The van der Waals surface area contributed by atoms with Gasteiger partial charge in [0.25, 0.3) is 5.95 Å². The summed E-state index contributed by atoms with van der Waals surface area (Å²) in [5.74, 6) is 5.13. The minimum atomic E-state index is 0.272. The molecule has 0 aromatic carbocycles. The molecule has 0 unspecified atom stereocenters. The molecule has 0 atom stereocenters. The van der Waals surface area contributed by atoms with Crippen molar-refractivity contribution in [1.82, 2.24) is 44.9 Å². The number of rotatable bonds is 7. The summed E-state index contributed by atoms with van der Waals surface area (Å²) in [7, 11) is 0. The zero-order valence-corrected chi connectivity index (χ0v) is 18.4. The first-order chi connectivity index (χ1) is 14.8. The standard InChI is InChI=1S/C19H24N12/c1-11-22-12(2)26-17(25-11)9-20-10-31(19-29-15(5)24-16(6)30-19)8-7-21-18-27-13(3)23-14(4)28-18/h7,9H,8,10H2,1-6H3. The van der Waals surface area contributed by atoms with Crippen LogP contribution in [0.4, 0.5) is 11.9 Å². The van der Waals surface area contributed by atoms with Gasteiger partial charge in [-0.15, -0.1) is 0 Å². The normalized spacial score (nSPS) is 11.5. The summed E-state index contributed by atoms with van der Waals surface area (Å²) >= 11 is 0. The molecular formula is C19H24N12. The molecule has 0 N–H and O–H groups in total. The first-order valence-corrected chi connectivity index (χ1v) is 9.63. The summed E-state index contributed by atoms with van der Waals surface area (Å²) in [6.07, 6.45) is 3.29. The lowest BCUT2D eigenvalue weighted by molar-refractivity contribution is 0.810. The topological polar surface area (TPSA) is 144 Å². The molecule has 0 saturated heterocycles. The number of nitrogens with zero attached hydrogens (tertiary/aromatic N) is 12. The summed E-state index contributed by atoms with van der Waals surface area (Å²) in [6, 6.07) is 0. The molecule has 12 nitrogen and oxygen atoms in total. The van der Waals surface area contributed by atoms with E-state index in [-0.39, 0.29) is 6.67 Å². The minimum Gasteiger partial charge on any atom is -0.316 e. The fourth-order valence-electron chi connectivity index (χ4n) is 2.74. The number of aryl methyl sites for hydroxylation is 6. The van der Waals surface area contributed by atoms with Crippen molar-refractivity contribution in [2.24, 2.45) is 9.98 Å². The molecule has 3 aromatic rings. The minimum absolute atomic E-state index is 0.272. The van der Waals surface area contributed by atoms with E-state index in [0.29, 0.717) is 59.2 Å². The van der Waals surface area contributed by atoms with E-state index >= 15 is 0 Å². The average molecular weight is 420 g/mol. The van der Waals surface area contributed by atoms with Gasteiger partial charge >= 0.3 is 0 Å². The van der Waals surface area contributed by atoms with Crippen LogP contribution in [0.1, 0.15) is 40.8 Å². The zero-order chi connectivity index (χ0) is 22.4. The Hall–Kier alpha value is -3.83. The molecule has 0 fully saturated rings. The van der Waals surface area contributed by atoms with Gasteiger partial charge in [-0.2, -0.15) is 19.9 Å². The van der Waals surface area contributed by atoms with Crippen molar-refractivity contribution in [2.75, 3.05) is 18.1 Å². The Bertz CT molecular complexity index is 1000. The van der Waals surface area contributed by atoms with E-state index in [1.165, 1.54) is 0 Å². The van der Waals surface area contributed by atoms with Crippen molar-refractivity contribution in [1.29, 1.82) is 0 Å². The second kappa shape index (κ2) is 9.78. The Labute approximate surface area is 180 Å². The molecule has 3 aromatic heterocycles. The fraction of sp³-hybridized carbons (Fsp3) is 0.421. The molecule has 0 amide bonds. The molecule has 0 aliphatic heterocycles. The van der Waals surface area contributed by atoms with E-state index in [2.05, 4.69) is 54.8 Å². The average Bonchev–Trinajstić information content (AvgIpc) is 2.64. The van der Waals surface area contributed by atoms with Gasteiger partial charge in [0.15, 0.2) is 5.82 Å². The highest BCUT2D eigenvalue weighted by Gasteiger charge is 2.10. The summed E-state index contributed by atoms with van der Waals surface area (Å²) in [5.41, 5.74) is 0. The molecule has 3 rings (SSSR count). The van der Waals surface area contributed by atoms with Crippen molar-refractivity contribution in [2.45, 2.75) is 41.5 Å². The summed E-state index contributed by atoms with van der Waals surface area (Å²) < 4.78 is 0. The van der Waals surface area contributed by atoms with Crippen molar-refractivity contribution in [3.8, 4) is 0 Å². The van der Waals surface area contributed by atoms with Crippen LogP contribution < -0.4 is 4.90 Å². The third-order valence-electron chi connectivity index (χ3n) is 3.82. The predicted molar refractivity (Wildman–Crippen MR) is 116 cm³/mol. The van der Waals surface area contributed by atoms with Gasteiger partial charge in [0.2, 0.25) is 5.95 Å². The molecule has 0 aliphatic rings. The number of aliphatic imine (C=N–C) groups is 2. The van der Waals surface area contributed by atoms with E-state index in [4.69, 9.17) is 0 Å². The molecule has 0 saturated carbocycles. The Morgan fingerprint density at radius 3 is 1.68 bits per heavy atom. The summed E-state index contributed by atoms with van der Waals surface area (Å²) in [6.45, 7) is 11.5. The van der Waals surface area contributed by atoms with Crippen molar-refractivity contribution in [3.05, 3.63) is 40.8 Å². The van der Waals surface area contributed by atoms with Crippen molar-refractivity contribution in [3.63, 3.8) is 0 Å². The Balaban J connectivity index is 1.80. The van der Waals surface area contributed by atoms with Crippen LogP contribution in [-0.4, -0.2) is 70.5 Å². The first-order valence-electron chi connectivity index (χ1n) is 9.63. The SMILES string of the molecule is Cc1nc(C)nc(C=NCN(CC=Nc2nc(C)nc(C)n2)c2nc(C)nc(C)n2)n1. The first kappa shape index (κ1) is 21.9. The number of hydrogen-bond acceptors (Lipinski definition) is 12. The van der Waals surface area contributed by atoms with Gasteiger partial charge in [-0.05, 0) is 41.5 Å². The molecule has 3 heterocycles. The highest BCUT2D eigenvalue weighted by Crippen LogP contribution is 2.08. The fourth-order valence-corrected chi connectivity index (χ4v) is 2.74. The Morgan fingerprint density at radius 2 is 1.13 bits per heavy atom. The van der Waals surface area contributed by atoms with Gasteiger partial charge in [-0.1, -0.05) is 0 Å². The molecular weight excluding hydrogens is 396 g/mol. The lowest BCUT2D eigenvalue weighted by Gasteiger charge is -2.18. The maximum atomic E-state index is 4.46. The van der Waals surface area contributed by atoms with Crippen LogP contribution in [0.5, 0.6) is 0 Å². The second-order valence-corrected chi connectivity index (χ2v) is 6.73. The molecule has 0 bridgehead atoms. The van der Waals surface area contributed by atoms with Crippen LogP contribution in [0, 0.1) is 41.5 Å². The van der Waals surface area contributed by atoms with E-state index in [1.807, 2.05) is 32.6 Å². The maximum absolute atomic E-state index is 4.46. The third kappa shape index (κ3) is 6.59. The lowest BCUT2D eigenvalue weighted by atomic mass is 10.5. The Morgan fingerprint density at radius 1 is 0.645 bits per heavy atom. The predicted octanol–water partition coefficient (Wildman–Crippen LogP) is 1.38. The van der Waals surface area contributed by atoms with Crippen LogP contribution >= 0.6 is 0 Å². The van der Waals surface area contributed by atoms with Crippen molar-refractivity contribution >= 4 is 24.3 Å². The van der Waals surface area contributed by atoms with Crippen LogP contribution in [0.25, 0.3) is 0 Å². The van der Waals surface area contributed by atoms with Gasteiger partial charge in [-0.3, -0.25) is 4.99 Å². The van der Waals surface area contributed by atoms with Crippen LogP contribution in [-0.2, 0) is 0 Å². The lowest BCUT2D eigenvalue weighted by Crippen LogP contribution is -2.28. The van der Waals surface area contributed by atoms with Crippen LogP contribution in [0.2, 0.25) is 0 Å². The van der Waals surface area contributed by atoms with Crippen molar-refractivity contribution < 1.29 is 0 Å². The van der Waals surface area contributed by atoms with Gasteiger partial charge in [0.05, 0.1) is 12.8 Å². The Kier molecular flexibility index (Phi) is 6.90. The van der Waals surface area contributed by atoms with Crippen LogP contribution in [0.15, 0.2) is 9.98 Å². The number of anilines is 1. The summed E-state index contributed by atoms with van der Waals surface area (Å²) in [4.78, 5) is 49.0. The molecule has 160 valence electrons. The quantitative estimate of drug-likeness (QED) is 0.514. The highest BCUT2D eigenvalue weighted by molar-refractivity contribution is 5.74. The molecule has 0 radical (unpaired) electrons. The number of aromatic nitrogens is 9. The van der Waals surface area contributed by atoms with E-state index in [0.717, 1.165) is 0 Å².